The van der Waals surface area contributed by atoms with Crippen LogP contribution in [0.1, 0.15) is 0 Å². The lowest BCUT2D eigenvalue weighted by molar-refractivity contribution is 0.671. The highest BCUT2D eigenvalue weighted by atomic mass is 16.3. The first-order chi connectivity index (χ1) is 24.3. The van der Waals surface area contributed by atoms with Gasteiger partial charge in [-0.3, -0.25) is 0 Å². The molecule has 0 atom stereocenters. The van der Waals surface area contributed by atoms with Crippen molar-refractivity contribution in [2.45, 2.75) is 0 Å². The topological polar surface area (TPSA) is 23.0 Å². The molecule has 0 bridgehead atoms. The largest absolute Gasteiger partial charge is 0.454 e. The van der Waals surface area contributed by atoms with Gasteiger partial charge in [-0.15, -0.1) is 0 Å². The molecule has 0 spiro atoms. The van der Waals surface area contributed by atoms with Crippen LogP contribution in [0.2, 0.25) is 0 Å². The highest BCUT2D eigenvalue weighted by Gasteiger charge is 2.23. The average molecular weight is 625 g/mol. The van der Waals surface area contributed by atoms with Crippen LogP contribution >= 0.6 is 0 Å². The number of fused-ring (bicyclic) bond motifs is 11. The fourth-order valence-electron chi connectivity index (χ4n) is 8.14. The van der Waals surface area contributed by atoms with Crippen molar-refractivity contribution in [3.63, 3.8) is 0 Å². The zero-order valence-corrected chi connectivity index (χ0v) is 26.5. The summed E-state index contributed by atoms with van der Waals surface area (Å²) in [6, 6.07) is 61.3. The molecule has 0 unspecified atom stereocenters. The molecule has 11 rings (SSSR count). The fourth-order valence-corrected chi connectivity index (χ4v) is 8.14. The van der Waals surface area contributed by atoms with Gasteiger partial charge in [-0.1, -0.05) is 109 Å². The summed E-state index contributed by atoms with van der Waals surface area (Å²) in [7, 11) is 0. The third-order valence-corrected chi connectivity index (χ3v) is 10.3. The molecule has 0 amide bonds. The normalized spacial score (nSPS) is 12.1. The van der Waals surface area contributed by atoms with Gasteiger partial charge in [0.25, 0.3) is 0 Å². The Morgan fingerprint density at radius 3 is 1.92 bits per heavy atom. The third kappa shape index (κ3) is 3.73. The Morgan fingerprint density at radius 2 is 1.06 bits per heavy atom. The van der Waals surface area contributed by atoms with Crippen LogP contribution in [0, 0.1) is 0 Å². The molecule has 3 aromatic heterocycles. The van der Waals surface area contributed by atoms with Gasteiger partial charge in [0.05, 0.1) is 22.1 Å². The third-order valence-electron chi connectivity index (χ3n) is 10.3. The molecule has 3 heterocycles. The maximum absolute atomic E-state index is 6.73. The molecule has 11 aromatic rings. The molecular weight excluding hydrogens is 597 g/mol. The van der Waals surface area contributed by atoms with Crippen LogP contribution in [0.25, 0.3) is 98.8 Å². The Morgan fingerprint density at radius 1 is 0.388 bits per heavy atom. The SMILES string of the molecule is c1ccc(-n2c3ccccc3c3c(-c4ccc5c(c4)c4ccccc4n5-c4ccc5ccccc5c4)cc4c5ccccc5oc4c32)cc1. The molecule has 0 N–H and O–H groups in total. The van der Waals surface area contributed by atoms with E-state index in [0.717, 1.165) is 44.3 Å². The predicted octanol–water partition coefficient (Wildman–Crippen LogP) is 12.6. The van der Waals surface area contributed by atoms with Gasteiger partial charge in [-0.25, -0.2) is 0 Å². The minimum absolute atomic E-state index is 0.898. The van der Waals surface area contributed by atoms with Crippen molar-refractivity contribution in [2.24, 2.45) is 0 Å². The fraction of sp³-hybridized carbons (Fsp3) is 0. The summed E-state index contributed by atoms with van der Waals surface area (Å²) in [4.78, 5) is 0. The summed E-state index contributed by atoms with van der Waals surface area (Å²) in [5.74, 6) is 0. The second-order valence-corrected chi connectivity index (χ2v) is 12.9. The van der Waals surface area contributed by atoms with Crippen molar-refractivity contribution >= 4 is 76.3 Å². The van der Waals surface area contributed by atoms with E-state index in [1.54, 1.807) is 0 Å². The maximum atomic E-state index is 6.73. The molecule has 49 heavy (non-hydrogen) atoms. The maximum Gasteiger partial charge on any atom is 0.160 e. The van der Waals surface area contributed by atoms with E-state index in [1.165, 1.54) is 54.5 Å². The predicted molar refractivity (Wildman–Crippen MR) is 205 cm³/mol. The van der Waals surface area contributed by atoms with Crippen molar-refractivity contribution in [1.29, 1.82) is 0 Å². The minimum Gasteiger partial charge on any atom is -0.454 e. The van der Waals surface area contributed by atoms with Crippen LogP contribution in [-0.2, 0) is 0 Å². The average Bonchev–Trinajstić information content (AvgIpc) is 3.82. The molecule has 0 radical (unpaired) electrons. The zero-order valence-electron chi connectivity index (χ0n) is 26.5. The number of benzene rings is 8. The molecule has 3 heteroatoms. The Kier molecular flexibility index (Phi) is 5.38. The number of hydrogen-bond acceptors (Lipinski definition) is 1. The van der Waals surface area contributed by atoms with E-state index < -0.39 is 0 Å². The van der Waals surface area contributed by atoms with Crippen LogP contribution in [0.4, 0.5) is 0 Å². The lowest BCUT2D eigenvalue weighted by Gasteiger charge is -2.11. The molecule has 228 valence electrons. The van der Waals surface area contributed by atoms with Crippen LogP contribution in [0.15, 0.2) is 174 Å². The number of hydrogen-bond donors (Lipinski definition) is 0. The first-order valence-electron chi connectivity index (χ1n) is 16.8. The van der Waals surface area contributed by atoms with Crippen LogP contribution in [0.3, 0.4) is 0 Å². The van der Waals surface area contributed by atoms with E-state index in [-0.39, 0.29) is 0 Å². The Labute approximate surface area is 281 Å². The number of nitrogens with zero attached hydrogens (tertiary/aromatic N) is 2. The molecule has 8 aromatic carbocycles. The van der Waals surface area contributed by atoms with E-state index in [9.17, 15) is 0 Å². The van der Waals surface area contributed by atoms with Gasteiger partial charge in [0.1, 0.15) is 5.58 Å². The van der Waals surface area contributed by atoms with E-state index in [1.807, 2.05) is 0 Å². The van der Waals surface area contributed by atoms with E-state index in [2.05, 4.69) is 179 Å². The second-order valence-electron chi connectivity index (χ2n) is 12.9. The molecule has 0 saturated heterocycles. The highest BCUT2D eigenvalue weighted by Crippen LogP contribution is 2.46. The van der Waals surface area contributed by atoms with Gasteiger partial charge in [0.15, 0.2) is 5.58 Å². The zero-order chi connectivity index (χ0) is 32.1. The van der Waals surface area contributed by atoms with Gasteiger partial charge in [0, 0.05) is 43.7 Å². The molecular formula is C46H28N2O. The van der Waals surface area contributed by atoms with Crippen LogP contribution in [0.5, 0.6) is 0 Å². The number of furan rings is 1. The van der Waals surface area contributed by atoms with Gasteiger partial charge in [0.2, 0.25) is 0 Å². The number of rotatable bonds is 3. The van der Waals surface area contributed by atoms with Gasteiger partial charge >= 0.3 is 0 Å². The monoisotopic (exact) mass is 624 g/mol. The second kappa shape index (κ2) is 9.96. The van der Waals surface area contributed by atoms with Crippen molar-refractivity contribution in [3.05, 3.63) is 170 Å². The number of aromatic nitrogens is 2. The quantitative estimate of drug-likeness (QED) is 0.192. The first kappa shape index (κ1) is 26.5. The van der Waals surface area contributed by atoms with Crippen molar-refractivity contribution < 1.29 is 4.42 Å². The Bertz CT molecular complexity index is 3100. The first-order valence-corrected chi connectivity index (χ1v) is 16.8. The highest BCUT2D eigenvalue weighted by molar-refractivity contribution is 6.26. The van der Waals surface area contributed by atoms with E-state index >= 15 is 0 Å². The summed E-state index contributed by atoms with van der Waals surface area (Å²) >= 11 is 0. The van der Waals surface area contributed by atoms with Crippen molar-refractivity contribution in [2.75, 3.05) is 0 Å². The Hall–Kier alpha value is -6.58. The van der Waals surface area contributed by atoms with Crippen molar-refractivity contribution in [1.82, 2.24) is 9.13 Å². The summed E-state index contributed by atoms with van der Waals surface area (Å²) in [5.41, 5.74) is 11.1. The molecule has 0 aliphatic carbocycles. The standard InChI is InChI=1S/C46H28N2O/c1-2-14-32(15-3-1)48-41-20-10-7-18-36(41)44-37(28-39-35-17-8-11-21-43(35)49-46(39)45(44)48)31-23-25-42-38(27-31)34-16-6-9-19-40(34)47(42)33-24-22-29-12-4-5-13-30(29)26-33/h1-28H. The summed E-state index contributed by atoms with van der Waals surface area (Å²) < 4.78 is 11.5. The number of para-hydroxylation sites is 4. The summed E-state index contributed by atoms with van der Waals surface area (Å²) in [6.45, 7) is 0. The lowest BCUT2D eigenvalue weighted by atomic mass is 9.95. The van der Waals surface area contributed by atoms with Gasteiger partial charge in [-0.05, 0) is 82.6 Å². The van der Waals surface area contributed by atoms with Gasteiger partial charge in [-0.2, -0.15) is 0 Å². The van der Waals surface area contributed by atoms with Crippen molar-refractivity contribution in [3.8, 4) is 22.5 Å². The minimum atomic E-state index is 0.898. The molecule has 3 nitrogen and oxygen atoms in total. The van der Waals surface area contributed by atoms with Crippen LogP contribution < -0.4 is 0 Å². The Balaban J connectivity index is 1.26. The smallest absolute Gasteiger partial charge is 0.160 e. The molecule has 0 aliphatic rings. The molecule has 0 saturated carbocycles. The summed E-state index contributed by atoms with van der Waals surface area (Å²) in [5, 5.41) is 9.61. The molecule has 0 fully saturated rings. The molecule has 0 aliphatic heterocycles. The van der Waals surface area contributed by atoms with Crippen LogP contribution in [-0.4, -0.2) is 9.13 Å². The summed E-state index contributed by atoms with van der Waals surface area (Å²) in [6.07, 6.45) is 0. The van der Waals surface area contributed by atoms with E-state index in [0.29, 0.717) is 0 Å². The lowest BCUT2D eigenvalue weighted by Crippen LogP contribution is -1.94. The van der Waals surface area contributed by atoms with E-state index in [4.69, 9.17) is 4.42 Å². The van der Waals surface area contributed by atoms with Gasteiger partial charge < -0.3 is 13.6 Å².